The minimum absolute atomic E-state index is 0.0734. The molecule has 1 aliphatic carbocycles. The van der Waals surface area contributed by atoms with Gasteiger partial charge in [0.1, 0.15) is 6.10 Å². The minimum atomic E-state index is -0.916. The van der Waals surface area contributed by atoms with Gasteiger partial charge in [0.2, 0.25) is 0 Å². The monoisotopic (exact) mass is 252 g/mol. The summed E-state index contributed by atoms with van der Waals surface area (Å²) in [5.41, 5.74) is -0.916. The van der Waals surface area contributed by atoms with Gasteiger partial charge in [-0.05, 0) is 18.8 Å². The summed E-state index contributed by atoms with van der Waals surface area (Å²) in [6, 6.07) is 0. The predicted molar refractivity (Wildman–Crippen MR) is 63.0 cm³/mol. The van der Waals surface area contributed by atoms with Gasteiger partial charge in [-0.2, -0.15) is 0 Å². The van der Waals surface area contributed by atoms with E-state index >= 15 is 0 Å². The maximum atomic E-state index is 11.6. The summed E-state index contributed by atoms with van der Waals surface area (Å²) in [4.78, 5) is 11.6. The second-order valence-electron chi connectivity index (χ2n) is 6.49. The van der Waals surface area contributed by atoms with Crippen molar-refractivity contribution in [2.24, 2.45) is 11.8 Å². The molecule has 0 radical (unpaired) electrons. The molecule has 4 aliphatic rings. The van der Waals surface area contributed by atoms with Gasteiger partial charge in [-0.15, -0.1) is 0 Å². The average molecular weight is 252 g/mol. The van der Waals surface area contributed by atoms with Crippen LogP contribution >= 0.6 is 0 Å². The standard InChI is InChI=1S/C14H20O4/c15-12(16)13-6-7-14(18-13)11(17-14)10(13)8-9-4-2-1-3-5-9/h9-11H,1-8H2,(H,15,16). The van der Waals surface area contributed by atoms with Gasteiger partial charge in [0.25, 0.3) is 0 Å². The second-order valence-corrected chi connectivity index (χ2v) is 6.49. The van der Waals surface area contributed by atoms with E-state index in [-0.39, 0.29) is 12.0 Å². The predicted octanol–water partition coefficient (Wildman–Crippen LogP) is 2.32. The van der Waals surface area contributed by atoms with Gasteiger partial charge in [-0.1, -0.05) is 32.1 Å². The van der Waals surface area contributed by atoms with Crippen molar-refractivity contribution in [2.75, 3.05) is 0 Å². The van der Waals surface area contributed by atoms with Crippen LogP contribution in [0.5, 0.6) is 0 Å². The lowest BCUT2D eigenvalue weighted by atomic mass is 9.71. The molecule has 3 heterocycles. The number of aliphatic carboxylic acids is 1. The van der Waals surface area contributed by atoms with Gasteiger partial charge < -0.3 is 14.6 Å². The Bertz CT molecular complexity index is 389. The fourth-order valence-electron chi connectivity index (χ4n) is 4.53. The Hall–Kier alpha value is -0.610. The normalized spacial score (nSPS) is 50.2. The molecule has 2 bridgehead atoms. The van der Waals surface area contributed by atoms with Crippen LogP contribution in [0.2, 0.25) is 0 Å². The molecule has 1 saturated carbocycles. The number of epoxide rings is 1. The van der Waals surface area contributed by atoms with Crippen LogP contribution in [0, 0.1) is 11.8 Å². The van der Waals surface area contributed by atoms with Crippen LogP contribution in [0.1, 0.15) is 51.4 Å². The van der Waals surface area contributed by atoms with Crippen molar-refractivity contribution in [3.63, 3.8) is 0 Å². The number of carboxylic acid groups (broad SMARTS) is 1. The first kappa shape index (κ1) is 11.2. The van der Waals surface area contributed by atoms with Gasteiger partial charge in [0.05, 0.1) is 0 Å². The Morgan fingerprint density at radius 3 is 2.72 bits per heavy atom. The molecule has 0 aromatic carbocycles. The molecule has 18 heavy (non-hydrogen) atoms. The number of fused-ring (bicyclic) bond motifs is 1. The molecule has 0 amide bonds. The molecule has 4 fully saturated rings. The molecular weight excluding hydrogens is 232 g/mol. The van der Waals surface area contributed by atoms with Gasteiger partial charge in [0, 0.05) is 12.3 Å². The summed E-state index contributed by atoms with van der Waals surface area (Å²) in [5, 5.41) is 9.54. The number of rotatable bonds is 3. The second kappa shape index (κ2) is 3.48. The van der Waals surface area contributed by atoms with E-state index in [1.165, 1.54) is 32.1 Å². The van der Waals surface area contributed by atoms with E-state index < -0.39 is 17.4 Å². The molecule has 0 aromatic rings. The van der Waals surface area contributed by atoms with Crippen molar-refractivity contribution in [3.05, 3.63) is 0 Å². The summed E-state index contributed by atoms with van der Waals surface area (Å²) in [7, 11) is 0. The first-order valence-corrected chi connectivity index (χ1v) is 7.28. The van der Waals surface area contributed by atoms with Crippen LogP contribution < -0.4 is 0 Å². The molecule has 4 nitrogen and oxygen atoms in total. The lowest BCUT2D eigenvalue weighted by Crippen LogP contribution is -2.46. The number of hydrogen-bond donors (Lipinski definition) is 1. The minimum Gasteiger partial charge on any atom is -0.479 e. The Kier molecular flexibility index (Phi) is 2.17. The zero-order chi connectivity index (χ0) is 12.4. The van der Waals surface area contributed by atoms with Crippen molar-refractivity contribution >= 4 is 5.97 Å². The van der Waals surface area contributed by atoms with E-state index in [2.05, 4.69) is 0 Å². The van der Waals surface area contributed by atoms with Crippen molar-refractivity contribution in [1.82, 2.24) is 0 Å². The molecule has 0 aromatic heterocycles. The Morgan fingerprint density at radius 2 is 2.00 bits per heavy atom. The fraction of sp³-hybridized carbons (Fsp3) is 0.929. The van der Waals surface area contributed by atoms with E-state index in [1.54, 1.807) is 0 Å². The van der Waals surface area contributed by atoms with Gasteiger partial charge in [0.15, 0.2) is 11.4 Å². The summed E-state index contributed by atoms with van der Waals surface area (Å²) < 4.78 is 11.5. The smallest absolute Gasteiger partial charge is 0.336 e. The van der Waals surface area contributed by atoms with E-state index in [1.807, 2.05) is 0 Å². The third-order valence-electron chi connectivity index (χ3n) is 5.54. The lowest BCUT2D eigenvalue weighted by Gasteiger charge is -2.33. The first-order valence-electron chi connectivity index (χ1n) is 7.28. The Labute approximate surface area is 107 Å². The van der Waals surface area contributed by atoms with E-state index in [0.717, 1.165) is 12.8 Å². The molecule has 3 saturated heterocycles. The van der Waals surface area contributed by atoms with Crippen molar-refractivity contribution in [2.45, 2.75) is 68.9 Å². The maximum Gasteiger partial charge on any atom is 0.336 e. The SMILES string of the molecule is O=C(O)C12CCC3(OC3C1CC1CCCCC1)O2. The fourth-order valence-corrected chi connectivity index (χ4v) is 4.53. The number of hydrogen-bond acceptors (Lipinski definition) is 3. The first-order chi connectivity index (χ1) is 8.66. The molecule has 4 rings (SSSR count). The van der Waals surface area contributed by atoms with Crippen molar-refractivity contribution in [3.8, 4) is 0 Å². The number of carbonyl (C=O) groups is 1. The van der Waals surface area contributed by atoms with E-state index in [9.17, 15) is 9.90 Å². The maximum absolute atomic E-state index is 11.6. The van der Waals surface area contributed by atoms with Crippen LogP contribution in [0.3, 0.4) is 0 Å². The molecular formula is C14H20O4. The molecule has 4 unspecified atom stereocenters. The van der Waals surface area contributed by atoms with Crippen molar-refractivity contribution in [1.29, 1.82) is 0 Å². The third kappa shape index (κ3) is 1.31. The van der Waals surface area contributed by atoms with Gasteiger partial charge >= 0.3 is 5.97 Å². The molecule has 4 heteroatoms. The summed E-state index contributed by atoms with van der Waals surface area (Å²) in [5.74, 6) is -0.482. The van der Waals surface area contributed by atoms with Crippen LogP contribution in [-0.4, -0.2) is 28.6 Å². The van der Waals surface area contributed by atoms with Crippen LogP contribution in [-0.2, 0) is 14.3 Å². The molecule has 1 spiro atoms. The quantitative estimate of drug-likeness (QED) is 0.783. The Morgan fingerprint density at radius 1 is 1.22 bits per heavy atom. The third-order valence-corrected chi connectivity index (χ3v) is 5.54. The summed E-state index contributed by atoms with van der Waals surface area (Å²) >= 11 is 0. The summed E-state index contributed by atoms with van der Waals surface area (Å²) in [6.07, 6.45) is 8.91. The lowest BCUT2D eigenvalue weighted by molar-refractivity contribution is -0.179. The van der Waals surface area contributed by atoms with Gasteiger partial charge in [-0.3, -0.25) is 0 Å². The Balaban J connectivity index is 1.54. The van der Waals surface area contributed by atoms with Crippen molar-refractivity contribution < 1.29 is 19.4 Å². The average Bonchev–Trinajstić information content (AvgIpc) is 2.85. The largest absolute Gasteiger partial charge is 0.479 e. The van der Waals surface area contributed by atoms with Crippen LogP contribution in [0.25, 0.3) is 0 Å². The topological polar surface area (TPSA) is 59.1 Å². The van der Waals surface area contributed by atoms with Crippen LogP contribution in [0.15, 0.2) is 0 Å². The zero-order valence-corrected chi connectivity index (χ0v) is 10.6. The van der Waals surface area contributed by atoms with E-state index in [4.69, 9.17) is 9.47 Å². The highest BCUT2D eigenvalue weighted by Gasteiger charge is 2.81. The van der Waals surface area contributed by atoms with Gasteiger partial charge in [-0.25, -0.2) is 4.79 Å². The number of ether oxygens (including phenoxy) is 2. The zero-order valence-electron chi connectivity index (χ0n) is 10.6. The highest BCUT2D eigenvalue weighted by atomic mass is 16.8. The highest BCUT2D eigenvalue weighted by molar-refractivity contribution is 5.80. The van der Waals surface area contributed by atoms with Crippen LogP contribution in [0.4, 0.5) is 0 Å². The van der Waals surface area contributed by atoms with E-state index in [0.29, 0.717) is 12.3 Å². The molecule has 4 atom stereocenters. The molecule has 100 valence electrons. The highest BCUT2D eigenvalue weighted by Crippen LogP contribution is 2.67. The molecule has 1 N–H and O–H groups in total. The molecule has 3 aliphatic heterocycles. The summed E-state index contributed by atoms with van der Waals surface area (Å²) in [6.45, 7) is 0. The number of carboxylic acids is 1.